The molecule has 1 aromatic heterocycles. The summed E-state index contributed by atoms with van der Waals surface area (Å²) in [5, 5.41) is 1.20. The van der Waals surface area contributed by atoms with E-state index < -0.39 is 0 Å². The molecule has 2 unspecified atom stereocenters. The van der Waals surface area contributed by atoms with E-state index in [1.165, 1.54) is 22.5 Å². The second-order valence-electron chi connectivity index (χ2n) is 5.96. The van der Waals surface area contributed by atoms with Crippen LogP contribution in [0.3, 0.4) is 0 Å². The summed E-state index contributed by atoms with van der Waals surface area (Å²) in [7, 11) is 0. The van der Waals surface area contributed by atoms with Crippen LogP contribution in [0.4, 0.5) is 5.82 Å². The first-order valence-electron chi connectivity index (χ1n) is 7.64. The summed E-state index contributed by atoms with van der Waals surface area (Å²) >= 11 is 2.03. The van der Waals surface area contributed by atoms with E-state index in [2.05, 4.69) is 49.1 Å². The number of nitrogens with zero attached hydrogens (tertiary/aromatic N) is 2. The predicted molar refractivity (Wildman–Crippen MR) is 93.2 cm³/mol. The van der Waals surface area contributed by atoms with Crippen molar-refractivity contribution < 1.29 is 0 Å². The second-order valence-corrected chi connectivity index (χ2v) is 7.11. The van der Waals surface area contributed by atoms with Gasteiger partial charge in [-0.15, -0.1) is 0 Å². The maximum Gasteiger partial charge on any atom is 0.132 e. The van der Waals surface area contributed by atoms with Crippen LogP contribution in [-0.2, 0) is 6.42 Å². The summed E-state index contributed by atoms with van der Waals surface area (Å²) in [4.78, 5) is 7.42. The number of aromatic nitrogens is 1. The Morgan fingerprint density at radius 3 is 3.00 bits per heavy atom. The number of fused-ring (bicyclic) bond motifs is 1. The minimum atomic E-state index is 0.154. The standard InChI is InChI=1S/C17H23N3S/c1-12(18)9-15-10-14-5-3-4-6-16(14)19-17(15)20-7-8-21-11-13(20)2/h3-6,10,12-13H,7-9,11,18H2,1-2H3. The van der Waals surface area contributed by atoms with Crippen molar-refractivity contribution >= 4 is 28.5 Å². The van der Waals surface area contributed by atoms with Crippen molar-refractivity contribution in [3.8, 4) is 0 Å². The van der Waals surface area contributed by atoms with E-state index in [4.69, 9.17) is 10.7 Å². The summed E-state index contributed by atoms with van der Waals surface area (Å²) in [5.41, 5.74) is 8.41. The van der Waals surface area contributed by atoms with Gasteiger partial charge in [-0.05, 0) is 38.0 Å². The molecule has 1 aliphatic rings. The lowest BCUT2D eigenvalue weighted by Crippen LogP contribution is -2.41. The molecule has 0 spiro atoms. The van der Waals surface area contributed by atoms with Gasteiger partial charge in [-0.25, -0.2) is 4.98 Å². The van der Waals surface area contributed by atoms with Crippen LogP contribution in [0.2, 0.25) is 0 Å². The molecule has 1 saturated heterocycles. The average Bonchev–Trinajstić information content (AvgIpc) is 2.47. The van der Waals surface area contributed by atoms with Crippen LogP contribution in [-0.4, -0.2) is 35.1 Å². The zero-order valence-corrected chi connectivity index (χ0v) is 13.6. The lowest BCUT2D eigenvalue weighted by Gasteiger charge is -2.35. The SMILES string of the molecule is CC(N)Cc1cc2ccccc2nc1N1CCSCC1C. The fourth-order valence-corrected chi connectivity index (χ4v) is 3.95. The highest BCUT2D eigenvalue weighted by Crippen LogP contribution is 2.29. The molecule has 0 radical (unpaired) electrons. The molecular weight excluding hydrogens is 278 g/mol. The van der Waals surface area contributed by atoms with Gasteiger partial charge in [0.25, 0.3) is 0 Å². The molecule has 1 aromatic carbocycles. The van der Waals surface area contributed by atoms with E-state index in [0.717, 1.165) is 24.3 Å². The second kappa shape index (κ2) is 6.24. The molecule has 112 valence electrons. The number of thioether (sulfide) groups is 1. The summed E-state index contributed by atoms with van der Waals surface area (Å²) in [6.45, 7) is 5.43. The van der Waals surface area contributed by atoms with Gasteiger partial charge in [0.1, 0.15) is 5.82 Å². The van der Waals surface area contributed by atoms with Gasteiger partial charge < -0.3 is 10.6 Å². The first kappa shape index (κ1) is 14.7. The molecule has 2 atom stereocenters. The lowest BCUT2D eigenvalue weighted by atomic mass is 10.0. The molecule has 1 aliphatic heterocycles. The third kappa shape index (κ3) is 3.16. The average molecular weight is 301 g/mol. The molecular formula is C17H23N3S. The number of para-hydroxylation sites is 1. The van der Waals surface area contributed by atoms with Crippen LogP contribution < -0.4 is 10.6 Å². The number of benzene rings is 1. The van der Waals surface area contributed by atoms with Gasteiger partial charge in [-0.2, -0.15) is 11.8 Å². The Labute approximate surface area is 130 Å². The van der Waals surface area contributed by atoms with Crippen molar-refractivity contribution in [2.45, 2.75) is 32.4 Å². The Hall–Kier alpha value is -1.26. The number of anilines is 1. The van der Waals surface area contributed by atoms with Crippen LogP contribution in [0.15, 0.2) is 30.3 Å². The number of pyridine rings is 1. The van der Waals surface area contributed by atoms with Crippen molar-refractivity contribution in [2.24, 2.45) is 5.73 Å². The molecule has 2 N–H and O–H groups in total. The molecule has 0 bridgehead atoms. The fourth-order valence-electron chi connectivity index (χ4n) is 2.94. The van der Waals surface area contributed by atoms with Gasteiger partial charge in [0, 0.05) is 35.5 Å². The Morgan fingerprint density at radius 1 is 1.43 bits per heavy atom. The van der Waals surface area contributed by atoms with E-state index >= 15 is 0 Å². The van der Waals surface area contributed by atoms with E-state index in [1.807, 2.05) is 11.8 Å². The highest BCUT2D eigenvalue weighted by molar-refractivity contribution is 7.99. The highest BCUT2D eigenvalue weighted by atomic mass is 32.2. The van der Waals surface area contributed by atoms with Gasteiger partial charge in [0.05, 0.1) is 5.52 Å². The number of nitrogens with two attached hydrogens (primary N) is 1. The lowest BCUT2D eigenvalue weighted by molar-refractivity contribution is 0.675. The molecule has 2 aromatic rings. The summed E-state index contributed by atoms with van der Waals surface area (Å²) in [6.07, 6.45) is 0.879. The van der Waals surface area contributed by atoms with Crippen LogP contribution >= 0.6 is 11.8 Å². The normalized spacial score (nSPS) is 20.7. The summed E-state index contributed by atoms with van der Waals surface area (Å²) < 4.78 is 0. The minimum Gasteiger partial charge on any atom is -0.352 e. The van der Waals surface area contributed by atoms with Crippen molar-refractivity contribution in [3.05, 3.63) is 35.9 Å². The quantitative estimate of drug-likeness (QED) is 0.946. The predicted octanol–water partition coefficient (Wildman–Crippen LogP) is 3.07. The molecule has 1 fully saturated rings. The summed E-state index contributed by atoms with van der Waals surface area (Å²) in [5.74, 6) is 3.49. The maximum absolute atomic E-state index is 6.05. The zero-order valence-electron chi connectivity index (χ0n) is 12.7. The van der Waals surface area contributed by atoms with Gasteiger partial charge in [-0.1, -0.05) is 18.2 Å². The van der Waals surface area contributed by atoms with Crippen molar-refractivity contribution in [2.75, 3.05) is 23.0 Å². The molecule has 3 nitrogen and oxygen atoms in total. The molecule has 2 heterocycles. The first-order valence-corrected chi connectivity index (χ1v) is 8.79. The van der Waals surface area contributed by atoms with Gasteiger partial charge >= 0.3 is 0 Å². The number of hydrogen-bond acceptors (Lipinski definition) is 4. The van der Waals surface area contributed by atoms with E-state index in [9.17, 15) is 0 Å². The van der Waals surface area contributed by atoms with Crippen LogP contribution in [0, 0.1) is 0 Å². The smallest absolute Gasteiger partial charge is 0.132 e. The fraction of sp³-hybridized carbons (Fsp3) is 0.471. The molecule has 0 amide bonds. The molecule has 3 rings (SSSR count). The topological polar surface area (TPSA) is 42.1 Å². The molecule has 0 saturated carbocycles. The zero-order chi connectivity index (χ0) is 14.8. The first-order chi connectivity index (χ1) is 10.1. The molecule has 21 heavy (non-hydrogen) atoms. The maximum atomic E-state index is 6.05. The largest absolute Gasteiger partial charge is 0.352 e. The van der Waals surface area contributed by atoms with Gasteiger partial charge in [0.15, 0.2) is 0 Å². The van der Waals surface area contributed by atoms with Gasteiger partial charge in [-0.3, -0.25) is 0 Å². The summed E-state index contributed by atoms with van der Waals surface area (Å²) in [6, 6.07) is 11.3. The van der Waals surface area contributed by atoms with Crippen LogP contribution in [0.1, 0.15) is 19.4 Å². The monoisotopic (exact) mass is 301 g/mol. The third-order valence-electron chi connectivity index (χ3n) is 3.96. The van der Waals surface area contributed by atoms with E-state index in [0.29, 0.717) is 6.04 Å². The van der Waals surface area contributed by atoms with Crippen molar-refractivity contribution in [1.29, 1.82) is 0 Å². The minimum absolute atomic E-state index is 0.154. The number of rotatable bonds is 3. The molecule has 0 aliphatic carbocycles. The molecule has 4 heteroatoms. The van der Waals surface area contributed by atoms with Crippen molar-refractivity contribution in [3.63, 3.8) is 0 Å². The van der Waals surface area contributed by atoms with Crippen LogP contribution in [0.5, 0.6) is 0 Å². The highest BCUT2D eigenvalue weighted by Gasteiger charge is 2.23. The third-order valence-corrected chi connectivity index (χ3v) is 5.15. The van der Waals surface area contributed by atoms with E-state index in [-0.39, 0.29) is 6.04 Å². The van der Waals surface area contributed by atoms with Crippen LogP contribution in [0.25, 0.3) is 10.9 Å². The van der Waals surface area contributed by atoms with E-state index in [1.54, 1.807) is 0 Å². The Morgan fingerprint density at radius 2 is 2.24 bits per heavy atom. The van der Waals surface area contributed by atoms with Gasteiger partial charge in [0.2, 0.25) is 0 Å². The Bertz CT molecular complexity index is 626. The Kier molecular flexibility index (Phi) is 4.36. The number of hydrogen-bond donors (Lipinski definition) is 1. The van der Waals surface area contributed by atoms with Crippen molar-refractivity contribution in [1.82, 2.24) is 4.98 Å². The Balaban J connectivity index is 2.08.